The summed E-state index contributed by atoms with van der Waals surface area (Å²) < 4.78 is 39.3. The molecular weight excluding hydrogens is 433 g/mol. The molecule has 0 N–H and O–H groups in total. The monoisotopic (exact) mass is 448 g/mol. The molecule has 4 rings (SSSR count). The van der Waals surface area contributed by atoms with Crippen LogP contribution in [0.15, 0.2) is 53.3 Å². The number of alkyl halides is 3. The molecule has 1 aliphatic heterocycles. The summed E-state index contributed by atoms with van der Waals surface area (Å²) in [6, 6.07) is 11.9. The minimum atomic E-state index is -4.51. The van der Waals surface area contributed by atoms with E-state index < -0.39 is 12.0 Å². The number of nitrogens with zero attached hydrogens (tertiary/aromatic N) is 4. The number of halogens is 4. The van der Waals surface area contributed by atoms with E-state index in [0.29, 0.717) is 31.7 Å². The van der Waals surface area contributed by atoms with Gasteiger partial charge in [0, 0.05) is 54.0 Å². The number of hydrogen-bond donors (Lipinski definition) is 0. The molecule has 4 nitrogen and oxygen atoms in total. The van der Waals surface area contributed by atoms with Crippen molar-refractivity contribution in [2.24, 2.45) is 0 Å². The molecule has 0 saturated carbocycles. The Labute approximate surface area is 168 Å². The lowest BCUT2D eigenvalue weighted by atomic mass is 10.1. The highest BCUT2D eigenvalue weighted by Gasteiger charge is 2.35. The number of rotatable bonds is 3. The van der Waals surface area contributed by atoms with E-state index in [1.807, 2.05) is 42.6 Å². The number of aromatic nitrogens is 3. The van der Waals surface area contributed by atoms with E-state index in [1.165, 1.54) is 6.20 Å². The third-order valence-corrected chi connectivity index (χ3v) is 5.34. The fourth-order valence-electron chi connectivity index (χ4n) is 3.25. The van der Waals surface area contributed by atoms with Crippen LogP contribution in [-0.4, -0.2) is 26.4 Å². The van der Waals surface area contributed by atoms with E-state index in [1.54, 1.807) is 0 Å². The molecule has 8 heteroatoms. The molecule has 144 valence electrons. The Bertz CT molecular complexity index is 989. The molecule has 0 aliphatic carbocycles. The molecule has 28 heavy (non-hydrogen) atoms. The van der Waals surface area contributed by atoms with Crippen LogP contribution in [0.25, 0.3) is 11.3 Å². The number of fused-ring (bicyclic) bond motifs is 1. The molecule has 0 fully saturated rings. The Morgan fingerprint density at radius 3 is 2.57 bits per heavy atom. The van der Waals surface area contributed by atoms with Gasteiger partial charge < -0.3 is 0 Å². The largest absolute Gasteiger partial charge is 0.451 e. The summed E-state index contributed by atoms with van der Waals surface area (Å²) in [7, 11) is 0. The van der Waals surface area contributed by atoms with Crippen LogP contribution >= 0.6 is 15.9 Å². The lowest BCUT2D eigenvalue weighted by Gasteiger charge is -2.28. The molecule has 0 unspecified atom stereocenters. The van der Waals surface area contributed by atoms with Gasteiger partial charge in [0.15, 0.2) is 0 Å². The van der Waals surface area contributed by atoms with Crippen molar-refractivity contribution < 1.29 is 13.2 Å². The second kappa shape index (κ2) is 7.60. The van der Waals surface area contributed by atoms with Gasteiger partial charge in [0.25, 0.3) is 0 Å². The topological polar surface area (TPSA) is 41.9 Å². The molecule has 0 atom stereocenters. The van der Waals surface area contributed by atoms with Crippen LogP contribution < -0.4 is 0 Å². The Morgan fingerprint density at radius 2 is 1.86 bits per heavy atom. The maximum absolute atomic E-state index is 12.8. The van der Waals surface area contributed by atoms with Gasteiger partial charge >= 0.3 is 6.18 Å². The van der Waals surface area contributed by atoms with Crippen LogP contribution in [0.5, 0.6) is 0 Å². The van der Waals surface area contributed by atoms with Crippen LogP contribution in [0.2, 0.25) is 0 Å². The lowest BCUT2D eigenvalue weighted by Crippen LogP contribution is -2.31. The fourth-order valence-corrected chi connectivity index (χ4v) is 3.74. The lowest BCUT2D eigenvalue weighted by molar-refractivity contribution is -0.145. The van der Waals surface area contributed by atoms with E-state index in [9.17, 15) is 13.2 Å². The summed E-state index contributed by atoms with van der Waals surface area (Å²) in [5, 5.41) is 0. The highest BCUT2D eigenvalue weighted by atomic mass is 79.9. The smallest absolute Gasteiger partial charge is 0.294 e. The highest BCUT2D eigenvalue weighted by molar-refractivity contribution is 9.10. The summed E-state index contributed by atoms with van der Waals surface area (Å²) in [5.41, 5.74) is 4.19. The molecule has 0 bridgehead atoms. The van der Waals surface area contributed by atoms with Crippen LogP contribution in [0, 0.1) is 0 Å². The zero-order valence-electron chi connectivity index (χ0n) is 14.7. The van der Waals surface area contributed by atoms with E-state index in [-0.39, 0.29) is 0 Å². The van der Waals surface area contributed by atoms with E-state index in [2.05, 4.69) is 35.8 Å². The van der Waals surface area contributed by atoms with Gasteiger partial charge in [-0.25, -0.2) is 9.97 Å². The molecule has 0 saturated heterocycles. The molecule has 1 aliphatic rings. The average molecular weight is 449 g/mol. The van der Waals surface area contributed by atoms with Gasteiger partial charge in [0.05, 0.1) is 11.4 Å². The maximum Gasteiger partial charge on any atom is 0.451 e. The van der Waals surface area contributed by atoms with Crippen molar-refractivity contribution in [2.45, 2.75) is 25.7 Å². The Morgan fingerprint density at radius 1 is 1.04 bits per heavy atom. The zero-order chi connectivity index (χ0) is 19.7. The SMILES string of the molecule is FC(F)(F)c1ncc2c(n1)CCN(Cc1ccc(-c3ccccc3Br)nc1)C2. The van der Waals surface area contributed by atoms with Crippen molar-refractivity contribution in [2.75, 3.05) is 6.54 Å². The van der Waals surface area contributed by atoms with Crippen LogP contribution in [0.4, 0.5) is 13.2 Å². The first-order valence-electron chi connectivity index (χ1n) is 8.74. The first-order valence-corrected chi connectivity index (χ1v) is 9.53. The van der Waals surface area contributed by atoms with Crippen molar-refractivity contribution >= 4 is 15.9 Å². The van der Waals surface area contributed by atoms with Gasteiger partial charge in [-0.05, 0) is 17.7 Å². The average Bonchev–Trinajstić information content (AvgIpc) is 2.68. The number of benzene rings is 1. The Kier molecular flexibility index (Phi) is 5.16. The molecule has 0 radical (unpaired) electrons. The molecule has 3 aromatic rings. The van der Waals surface area contributed by atoms with Crippen LogP contribution in [0.1, 0.15) is 22.6 Å². The predicted octanol–water partition coefficient (Wildman–Crippen LogP) is 4.88. The normalized spacial score (nSPS) is 14.7. The summed E-state index contributed by atoms with van der Waals surface area (Å²) in [6.45, 7) is 1.84. The number of pyridine rings is 1. The van der Waals surface area contributed by atoms with Gasteiger partial charge in [-0.1, -0.05) is 40.2 Å². The van der Waals surface area contributed by atoms with E-state index in [0.717, 1.165) is 26.9 Å². The fraction of sp³-hybridized carbons (Fsp3) is 0.250. The molecule has 2 aromatic heterocycles. The second-order valence-corrected chi connectivity index (χ2v) is 7.51. The Hall–Kier alpha value is -2.32. The van der Waals surface area contributed by atoms with Gasteiger partial charge in [-0.15, -0.1) is 0 Å². The Balaban J connectivity index is 1.45. The standard InChI is InChI=1S/C20H16BrF3N4/c21-16-4-2-1-3-15(16)18-6-5-13(9-25-18)11-28-8-7-17-14(12-28)10-26-19(27-17)20(22,23)24/h1-6,9-10H,7-8,11-12H2. The van der Waals surface area contributed by atoms with Gasteiger partial charge in [0.2, 0.25) is 5.82 Å². The molecule has 3 heterocycles. The molecular formula is C20H16BrF3N4. The molecule has 0 amide bonds. The first-order chi connectivity index (χ1) is 13.4. The van der Waals surface area contributed by atoms with Crippen molar-refractivity contribution in [1.29, 1.82) is 0 Å². The molecule has 0 spiro atoms. The third-order valence-electron chi connectivity index (χ3n) is 4.65. The van der Waals surface area contributed by atoms with Gasteiger partial charge in [0.1, 0.15) is 0 Å². The quantitative estimate of drug-likeness (QED) is 0.572. The van der Waals surface area contributed by atoms with E-state index >= 15 is 0 Å². The van der Waals surface area contributed by atoms with Gasteiger partial charge in [-0.3, -0.25) is 9.88 Å². The maximum atomic E-state index is 12.8. The van der Waals surface area contributed by atoms with E-state index in [4.69, 9.17) is 0 Å². The predicted molar refractivity (Wildman–Crippen MR) is 102 cm³/mol. The van der Waals surface area contributed by atoms with Gasteiger partial charge in [-0.2, -0.15) is 13.2 Å². The van der Waals surface area contributed by atoms with Crippen molar-refractivity contribution in [3.05, 3.63) is 75.9 Å². The zero-order valence-corrected chi connectivity index (χ0v) is 16.3. The summed E-state index contributed by atoms with van der Waals surface area (Å²) >= 11 is 3.53. The summed E-state index contributed by atoms with van der Waals surface area (Å²) in [4.78, 5) is 13.9. The summed E-state index contributed by atoms with van der Waals surface area (Å²) in [6.07, 6.45) is -0.893. The second-order valence-electron chi connectivity index (χ2n) is 6.66. The molecule has 1 aromatic carbocycles. The minimum Gasteiger partial charge on any atom is -0.294 e. The minimum absolute atomic E-state index is 0.476. The highest BCUT2D eigenvalue weighted by Crippen LogP contribution is 2.29. The number of hydrogen-bond acceptors (Lipinski definition) is 4. The first kappa shape index (κ1) is 19.0. The summed E-state index contributed by atoms with van der Waals surface area (Å²) in [5.74, 6) is -1.06. The van der Waals surface area contributed by atoms with Crippen molar-refractivity contribution in [3.63, 3.8) is 0 Å². The van der Waals surface area contributed by atoms with Crippen molar-refractivity contribution in [1.82, 2.24) is 19.9 Å². The third kappa shape index (κ3) is 4.07. The van der Waals surface area contributed by atoms with Crippen LogP contribution in [0.3, 0.4) is 0 Å². The van der Waals surface area contributed by atoms with Crippen LogP contribution in [-0.2, 0) is 25.7 Å². The van der Waals surface area contributed by atoms with Crippen molar-refractivity contribution in [3.8, 4) is 11.3 Å².